The Labute approximate surface area is 122 Å². The van der Waals surface area contributed by atoms with Gasteiger partial charge in [-0.2, -0.15) is 0 Å². The normalized spacial score (nSPS) is 10.7. The van der Waals surface area contributed by atoms with Gasteiger partial charge in [-0.25, -0.2) is 4.98 Å². The molecule has 1 aromatic heterocycles. The van der Waals surface area contributed by atoms with Crippen LogP contribution in [0.1, 0.15) is 18.3 Å². The molecule has 3 aromatic rings. The topological polar surface area (TPSA) is 55.0 Å². The third-order valence-electron chi connectivity index (χ3n) is 3.37. The summed E-state index contributed by atoms with van der Waals surface area (Å²) >= 11 is 0. The van der Waals surface area contributed by atoms with Crippen LogP contribution in [0.3, 0.4) is 0 Å². The van der Waals surface area contributed by atoms with Crippen molar-refractivity contribution in [2.45, 2.75) is 20.0 Å². The van der Waals surface area contributed by atoms with Crippen molar-refractivity contribution >= 4 is 10.9 Å². The SMILES string of the molecule is CCc1ccc(OCc2nc3ccccc3c(=O)[nH]2)cc1. The first kappa shape index (κ1) is 13.4. The van der Waals surface area contributed by atoms with Crippen molar-refractivity contribution in [3.05, 3.63) is 70.3 Å². The van der Waals surface area contributed by atoms with Crippen molar-refractivity contribution < 1.29 is 4.74 Å². The predicted molar refractivity (Wildman–Crippen MR) is 82.5 cm³/mol. The van der Waals surface area contributed by atoms with Crippen LogP contribution in [-0.2, 0) is 13.0 Å². The Balaban J connectivity index is 1.80. The third kappa shape index (κ3) is 2.94. The third-order valence-corrected chi connectivity index (χ3v) is 3.37. The minimum absolute atomic E-state index is 0.138. The molecule has 2 aromatic carbocycles. The van der Waals surface area contributed by atoms with Gasteiger partial charge in [-0.15, -0.1) is 0 Å². The molecule has 106 valence electrons. The van der Waals surface area contributed by atoms with Gasteiger partial charge in [-0.05, 0) is 36.2 Å². The molecule has 21 heavy (non-hydrogen) atoms. The molecule has 0 atom stereocenters. The van der Waals surface area contributed by atoms with E-state index in [0.29, 0.717) is 16.7 Å². The van der Waals surface area contributed by atoms with Gasteiger partial charge in [0, 0.05) is 0 Å². The Hall–Kier alpha value is -2.62. The van der Waals surface area contributed by atoms with Crippen LogP contribution in [0, 0.1) is 0 Å². The number of benzene rings is 2. The van der Waals surface area contributed by atoms with Crippen molar-refractivity contribution in [3.8, 4) is 5.75 Å². The maximum absolute atomic E-state index is 11.9. The number of H-pyrrole nitrogens is 1. The lowest BCUT2D eigenvalue weighted by molar-refractivity contribution is 0.296. The van der Waals surface area contributed by atoms with E-state index in [1.54, 1.807) is 6.07 Å². The van der Waals surface area contributed by atoms with Crippen molar-refractivity contribution in [1.82, 2.24) is 9.97 Å². The standard InChI is InChI=1S/C17H16N2O2/c1-2-12-7-9-13(10-8-12)21-11-16-18-15-6-4-3-5-14(15)17(20)19-16/h3-10H,2,11H2,1H3,(H,18,19,20). The number of nitrogens with one attached hydrogen (secondary N) is 1. The molecule has 3 rings (SSSR count). The summed E-state index contributed by atoms with van der Waals surface area (Å²) < 4.78 is 5.66. The molecule has 1 N–H and O–H groups in total. The van der Waals surface area contributed by atoms with Gasteiger partial charge in [0.2, 0.25) is 0 Å². The Bertz CT molecular complexity index is 807. The van der Waals surface area contributed by atoms with Gasteiger partial charge in [0.25, 0.3) is 5.56 Å². The lowest BCUT2D eigenvalue weighted by Gasteiger charge is -2.07. The van der Waals surface area contributed by atoms with E-state index >= 15 is 0 Å². The molecule has 0 aliphatic heterocycles. The molecule has 4 heteroatoms. The number of aromatic nitrogens is 2. The van der Waals surface area contributed by atoms with Crippen molar-refractivity contribution in [1.29, 1.82) is 0 Å². The monoisotopic (exact) mass is 280 g/mol. The highest BCUT2D eigenvalue weighted by molar-refractivity contribution is 5.77. The van der Waals surface area contributed by atoms with Crippen LogP contribution in [0.4, 0.5) is 0 Å². The van der Waals surface area contributed by atoms with E-state index in [9.17, 15) is 4.79 Å². The summed E-state index contributed by atoms with van der Waals surface area (Å²) in [7, 11) is 0. The molecular formula is C17H16N2O2. The summed E-state index contributed by atoms with van der Waals surface area (Å²) in [6.07, 6.45) is 1.000. The quantitative estimate of drug-likeness (QED) is 0.799. The van der Waals surface area contributed by atoms with Crippen LogP contribution in [0.5, 0.6) is 5.75 Å². The first-order valence-corrected chi connectivity index (χ1v) is 6.96. The van der Waals surface area contributed by atoms with Gasteiger partial charge in [0.1, 0.15) is 18.2 Å². The molecule has 0 spiro atoms. The zero-order chi connectivity index (χ0) is 14.7. The molecule has 0 fully saturated rings. The van der Waals surface area contributed by atoms with E-state index < -0.39 is 0 Å². The predicted octanol–water partition coefficient (Wildman–Crippen LogP) is 3.06. The summed E-state index contributed by atoms with van der Waals surface area (Å²) in [5.41, 5.74) is 1.81. The van der Waals surface area contributed by atoms with Gasteiger partial charge in [0.05, 0.1) is 10.9 Å². The van der Waals surface area contributed by atoms with Gasteiger partial charge < -0.3 is 9.72 Å². The van der Waals surface area contributed by atoms with E-state index in [1.165, 1.54) is 5.56 Å². The van der Waals surface area contributed by atoms with Crippen molar-refractivity contribution in [3.63, 3.8) is 0 Å². The van der Waals surface area contributed by atoms with Crippen LogP contribution >= 0.6 is 0 Å². The first-order valence-electron chi connectivity index (χ1n) is 6.96. The molecule has 0 radical (unpaired) electrons. The van der Waals surface area contributed by atoms with Crippen LogP contribution in [0.2, 0.25) is 0 Å². The van der Waals surface area contributed by atoms with Crippen LogP contribution in [0.25, 0.3) is 10.9 Å². The fourth-order valence-corrected chi connectivity index (χ4v) is 2.18. The van der Waals surface area contributed by atoms with E-state index in [1.807, 2.05) is 42.5 Å². The molecule has 0 aliphatic carbocycles. The summed E-state index contributed by atoms with van der Waals surface area (Å²) in [5, 5.41) is 0.591. The zero-order valence-electron chi connectivity index (χ0n) is 11.8. The first-order chi connectivity index (χ1) is 10.3. The molecule has 0 amide bonds. The van der Waals surface area contributed by atoms with Crippen LogP contribution < -0.4 is 10.3 Å². The lowest BCUT2D eigenvalue weighted by Crippen LogP contribution is -2.13. The average Bonchev–Trinajstić information content (AvgIpc) is 2.53. The van der Waals surface area contributed by atoms with Crippen molar-refractivity contribution in [2.24, 2.45) is 0 Å². The second-order valence-electron chi connectivity index (χ2n) is 4.82. The average molecular weight is 280 g/mol. The highest BCUT2D eigenvalue weighted by atomic mass is 16.5. The summed E-state index contributed by atoms with van der Waals surface area (Å²) in [4.78, 5) is 19.1. The molecule has 0 saturated heterocycles. The lowest BCUT2D eigenvalue weighted by atomic mass is 10.2. The highest BCUT2D eigenvalue weighted by Crippen LogP contribution is 2.14. The number of fused-ring (bicyclic) bond motifs is 1. The minimum atomic E-state index is -0.138. The van der Waals surface area contributed by atoms with Gasteiger partial charge in [0.15, 0.2) is 0 Å². The van der Waals surface area contributed by atoms with Crippen LogP contribution in [0.15, 0.2) is 53.3 Å². The highest BCUT2D eigenvalue weighted by Gasteiger charge is 2.04. The van der Waals surface area contributed by atoms with E-state index in [0.717, 1.165) is 12.2 Å². The Morgan fingerprint density at radius 3 is 2.62 bits per heavy atom. The number of ether oxygens (including phenoxy) is 1. The molecule has 1 heterocycles. The van der Waals surface area contributed by atoms with Crippen LogP contribution in [-0.4, -0.2) is 9.97 Å². The zero-order valence-corrected chi connectivity index (χ0v) is 11.8. The van der Waals surface area contributed by atoms with E-state index in [-0.39, 0.29) is 12.2 Å². The molecular weight excluding hydrogens is 264 g/mol. The van der Waals surface area contributed by atoms with Gasteiger partial charge in [-0.1, -0.05) is 31.2 Å². The molecule has 4 nitrogen and oxygen atoms in total. The van der Waals surface area contributed by atoms with E-state index in [2.05, 4.69) is 16.9 Å². The summed E-state index contributed by atoms with van der Waals surface area (Å²) in [6.45, 7) is 2.35. The maximum atomic E-state index is 11.9. The Kier molecular flexibility index (Phi) is 3.69. The number of nitrogens with zero attached hydrogens (tertiary/aromatic N) is 1. The fourth-order valence-electron chi connectivity index (χ4n) is 2.18. The fraction of sp³-hybridized carbons (Fsp3) is 0.176. The summed E-state index contributed by atoms with van der Waals surface area (Å²) in [5.74, 6) is 1.29. The molecule has 0 unspecified atom stereocenters. The number of aromatic amines is 1. The number of rotatable bonds is 4. The molecule has 0 bridgehead atoms. The molecule has 0 aliphatic rings. The molecule has 0 saturated carbocycles. The Morgan fingerprint density at radius 2 is 1.86 bits per heavy atom. The summed E-state index contributed by atoms with van der Waals surface area (Å²) in [6, 6.07) is 15.2. The minimum Gasteiger partial charge on any atom is -0.486 e. The maximum Gasteiger partial charge on any atom is 0.258 e. The smallest absolute Gasteiger partial charge is 0.258 e. The second kappa shape index (κ2) is 5.79. The second-order valence-corrected chi connectivity index (χ2v) is 4.82. The van der Waals surface area contributed by atoms with Gasteiger partial charge in [-0.3, -0.25) is 4.79 Å². The number of hydrogen-bond donors (Lipinski definition) is 1. The van der Waals surface area contributed by atoms with Crippen molar-refractivity contribution in [2.75, 3.05) is 0 Å². The number of aryl methyl sites for hydroxylation is 1. The van der Waals surface area contributed by atoms with Gasteiger partial charge >= 0.3 is 0 Å². The van der Waals surface area contributed by atoms with E-state index in [4.69, 9.17) is 4.74 Å². The Morgan fingerprint density at radius 1 is 1.10 bits per heavy atom. The largest absolute Gasteiger partial charge is 0.486 e. The number of hydrogen-bond acceptors (Lipinski definition) is 3. The number of para-hydroxylation sites is 1.